The monoisotopic (exact) mass is 235 g/mol. The predicted octanol–water partition coefficient (Wildman–Crippen LogP) is 2.40. The van der Waals surface area contributed by atoms with Gasteiger partial charge in [-0.2, -0.15) is 5.26 Å². The average molecular weight is 235 g/mol. The van der Waals surface area contributed by atoms with Crippen LogP contribution in [0.4, 0.5) is 0 Å². The van der Waals surface area contributed by atoms with Gasteiger partial charge in [0, 0.05) is 5.56 Å². The molecule has 17 heavy (non-hydrogen) atoms. The van der Waals surface area contributed by atoms with Gasteiger partial charge in [-0.1, -0.05) is 19.9 Å². The summed E-state index contributed by atoms with van der Waals surface area (Å²) in [4.78, 5) is 11.1. The third-order valence-electron chi connectivity index (χ3n) is 1.85. The molecule has 4 heteroatoms. The molecule has 0 fully saturated rings. The Balaban J connectivity index is 0.00000121. The van der Waals surface area contributed by atoms with Crippen LogP contribution < -0.4 is 0 Å². The molecular weight excluding hydrogens is 218 g/mol. The second-order valence-electron chi connectivity index (χ2n) is 2.94. The lowest BCUT2D eigenvalue weighted by Crippen LogP contribution is -2.07. The summed E-state index contributed by atoms with van der Waals surface area (Å²) in [5.74, 6) is -0.445. The van der Waals surface area contributed by atoms with Crippen LogP contribution in [0.25, 0.3) is 0 Å². The van der Waals surface area contributed by atoms with Crippen molar-refractivity contribution in [3.05, 3.63) is 29.3 Å². The van der Waals surface area contributed by atoms with Crippen molar-refractivity contribution in [3.63, 3.8) is 0 Å². The largest absolute Gasteiger partial charge is 0.508 e. The molecule has 1 rings (SSSR count). The van der Waals surface area contributed by atoms with Gasteiger partial charge in [-0.3, -0.25) is 4.79 Å². The van der Waals surface area contributed by atoms with Crippen LogP contribution in [-0.4, -0.2) is 17.7 Å². The molecule has 1 N–H and O–H groups in total. The van der Waals surface area contributed by atoms with Crippen molar-refractivity contribution in [2.45, 2.75) is 27.2 Å². The van der Waals surface area contributed by atoms with Gasteiger partial charge in [-0.25, -0.2) is 0 Å². The Bertz CT molecular complexity index is 408. The molecule has 1 aromatic rings. The molecule has 0 amide bonds. The minimum absolute atomic E-state index is 0.0192. The van der Waals surface area contributed by atoms with E-state index in [0.29, 0.717) is 17.7 Å². The molecule has 0 saturated carbocycles. The first-order chi connectivity index (χ1) is 8.17. The summed E-state index contributed by atoms with van der Waals surface area (Å²) in [5.41, 5.74) is 0.826. The molecule has 0 aromatic heterocycles. The van der Waals surface area contributed by atoms with E-state index in [4.69, 9.17) is 10.00 Å². The van der Waals surface area contributed by atoms with E-state index in [-0.39, 0.29) is 12.2 Å². The highest BCUT2D eigenvalue weighted by Crippen LogP contribution is 2.19. The first-order valence-corrected chi connectivity index (χ1v) is 5.55. The van der Waals surface area contributed by atoms with Crippen LogP contribution in [0.2, 0.25) is 0 Å². The number of rotatable bonds is 3. The Morgan fingerprint density at radius 1 is 1.47 bits per heavy atom. The number of esters is 1. The van der Waals surface area contributed by atoms with E-state index in [1.165, 1.54) is 6.07 Å². The van der Waals surface area contributed by atoms with Crippen molar-refractivity contribution in [2.24, 2.45) is 0 Å². The zero-order valence-electron chi connectivity index (χ0n) is 10.4. The minimum atomic E-state index is -0.391. The zero-order valence-corrected chi connectivity index (χ0v) is 10.4. The van der Waals surface area contributed by atoms with E-state index in [9.17, 15) is 9.90 Å². The van der Waals surface area contributed by atoms with Gasteiger partial charge < -0.3 is 9.84 Å². The highest BCUT2D eigenvalue weighted by atomic mass is 16.5. The quantitative estimate of drug-likeness (QED) is 0.816. The second-order valence-corrected chi connectivity index (χ2v) is 2.94. The lowest BCUT2D eigenvalue weighted by atomic mass is 10.1. The molecule has 4 nitrogen and oxygen atoms in total. The molecule has 1 aromatic carbocycles. The van der Waals surface area contributed by atoms with E-state index in [1.807, 2.05) is 19.9 Å². The number of aromatic hydroxyl groups is 1. The highest BCUT2D eigenvalue weighted by Gasteiger charge is 2.08. The maximum Gasteiger partial charge on any atom is 0.310 e. The van der Waals surface area contributed by atoms with Crippen LogP contribution in [0.15, 0.2) is 18.2 Å². The molecule has 0 bridgehead atoms. The maximum absolute atomic E-state index is 11.1. The lowest BCUT2D eigenvalue weighted by Gasteiger charge is -2.04. The fraction of sp³-hybridized carbons (Fsp3) is 0.385. The summed E-state index contributed by atoms with van der Waals surface area (Å²) in [6.07, 6.45) is 0.0192. The van der Waals surface area contributed by atoms with Gasteiger partial charge in [0.1, 0.15) is 5.75 Å². The van der Waals surface area contributed by atoms with E-state index >= 15 is 0 Å². The van der Waals surface area contributed by atoms with Gasteiger partial charge >= 0.3 is 5.97 Å². The number of hydrogen-bond acceptors (Lipinski definition) is 4. The first kappa shape index (κ1) is 15.0. The molecule has 0 heterocycles. The fourth-order valence-electron chi connectivity index (χ4n) is 1.15. The summed E-state index contributed by atoms with van der Waals surface area (Å²) in [6.45, 7) is 6.03. The SMILES string of the molecule is CC.CCOC(=O)Cc1ccc(C#N)cc1O. The van der Waals surface area contributed by atoms with Crippen molar-refractivity contribution in [3.8, 4) is 11.8 Å². The third-order valence-corrected chi connectivity index (χ3v) is 1.85. The Labute approximate surface area is 101 Å². The second kappa shape index (κ2) is 8.17. The van der Waals surface area contributed by atoms with Crippen LogP contribution in [0, 0.1) is 11.3 Å². The summed E-state index contributed by atoms with van der Waals surface area (Å²) in [5, 5.41) is 18.0. The predicted molar refractivity (Wildman–Crippen MR) is 64.5 cm³/mol. The van der Waals surface area contributed by atoms with Gasteiger partial charge in [0.25, 0.3) is 0 Å². The van der Waals surface area contributed by atoms with Crippen molar-refractivity contribution in [1.82, 2.24) is 0 Å². The number of nitrogens with zero attached hydrogens (tertiary/aromatic N) is 1. The number of ether oxygens (including phenoxy) is 1. The van der Waals surface area contributed by atoms with Crippen LogP contribution in [0.1, 0.15) is 31.9 Å². The van der Waals surface area contributed by atoms with E-state index in [0.717, 1.165) is 0 Å². The standard InChI is InChI=1S/C11H11NO3.C2H6/c1-2-15-11(14)6-9-4-3-8(7-12)5-10(9)13;1-2/h3-5,13H,2,6H2,1H3;1-2H3. The summed E-state index contributed by atoms with van der Waals surface area (Å²) < 4.78 is 4.74. The van der Waals surface area contributed by atoms with Crippen molar-refractivity contribution >= 4 is 5.97 Å². The molecule has 92 valence electrons. The highest BCUT2D eigenvalue weighted by molar-refractivity contribution is 5.73. The topological polar surface area (TPSA) is 70.3 Å². The normalized spacial score (nSPS) is 8.59. The fourth-order valence-corrected chi connectivity index (χ4v) is 1.15. The Kier molecular flexibility index (Phi) is 7.20. The van der Waals surface area contributed by atoms with Crippen molar-refractivity contribution < 1.29 is 14.6 Å². The Morgan fingerprint density at radius 2 is 2.12 bits per heavy atom. The molecule has 0 atom stereocenters. The number of carbonyl (C=O) groups is 1. The Morgan fingerprint density at radius 3 is 2.59 bits per heavy atom. The van der Waals surface area contributed by atoms with Gasteiger partial charge in [0.15, 0.2) is 0 Å². The summed E-state index contributed by atoms with van der Waals surface area (Å²) in [6, 6.07) is 6.32. The number of nitriles is 1. The first-order valence-electron chi connectivity index (χ1n) is 5.55. The zero-order chi connectivity index (χ0) is 13.3. The maximum atomic E-state index is 11.1. The van der Waals surface area contributed by atoms with Crippen LogP contribution >= 0.6 is 0 Å². The van der Waals surface area contributed by atoms with Crippen molar-refractivity contribution in [2.75, 3.05) is 6.61 Å². The summed E-state index contributed by atoms with van der Waals surface area (Å²) in [7, 11) is 0. The molecule has 0 aliphatic heterocycles. The smallest absolute Gasteiger partial charge is 0.310 e. The molecular formula is C13H17NO3. The molecule has 0 aliphatic carbocycles. The number of benzene rings is 1. The van der Waals surface area contributed by atoms with Crippen LogP contribution in [-0.2, 0) is 16.0 Å². The van der Waals surface area contributed by atoms with E-state index < -0.39 is 5.97 Å². The minimum Gasteiger partial charge on any atom is -0.508 e. The van der Waals surface area contributed by atoms with Gasteiger partial charge in [-0.05, 0) is 19.1 Å². The number of phenolic OH excluding ortho intramolecular Hbond substituents is 1. The van der Waals surface area contributed by atoms with Gasteiger partial charge in [-0.15, -0.1) is 0 Å². The molecule has 0 spiro atoms. The Hall–Kier alpha value is -2.02. The number of phenols is 1. The van der Waals surface area contributed by atoms with E-state index in [2.05, 4.69) is 0 Å². The van der Waals surface area contributed by atoms with Gasteiger partial charge in [0.05, 0.1) is 24.7 Å². The van der Waals surface area contributed by atoms with Crippen molar-refractivity contribution in [1.29, 1.82) is 5.26 Å². The molecule has 0 unspecified atom stereocenters. The average Bonchev–Trinajstić information content (AvgIpc) is 2.34. The third kappa shape index (κ3) is 5.03. The molecule has 0 radical (unpaired) electrons. The van der Waals surface area contributed by atoms with Crippen LogP contribution in [0.5, 0.6) is 5.75 Å². The van der Waals surface area contributed by atoms with Gasteiger partial charge in [0.2, 0.25) is 0 Å². The lowest BCUT2D eigenvalue weighted by molar-refractivity contribution is -0.142. The molecule has 0 saturated heterocycles. The number of carbonyl (C=O) groups excluding carboxylic acids is 1. The van der Waals surface area contributed by atoms with Crippen LogP contribution in [0.3, 0.4) is 0 Å². The molecule has 0 aliphatic rings. The summed E-state index contributed by atoms with van der Waals surface area (Å²) >= 11 is 0. The number of hydrogen-bond donors (Lipinski definition) is 1. The van der Waals surface area contributed by atoms with E-state index in [1.54, 1.807) is 19.1 Å².